The molecule has 2 heterocycles. The molecular formula is C19H22N2O5. The fraction of sp³-hybridized carbons (Fsp3) is 0.368. The average molecular weight is 358 g/mol. The van der Waals surface area contributed by atoms with E-state index in [0.717, 1.165) is 11.5 Å². The Kier molecular flexibility index (Phi) is 4.99. The highest BCUT2D eigenvalue weighted by Crippen LogP contribution is 2.34. The molecule has 1 fully saturated rings. The highest BCUT2D eigenvalue weighted by atomic mass is 16.5. The van der Waals surface area contributed by atoms with E-state index < -0.39 is 6.04 Å². The Hall–Kier alpha value is -2.80. The first-order chi connectivity index (χ1) is 12.4. The van der Waals surface area contributed by atoms with Gasteiger partial charge in [0.15, 0.2) is 11.5 Å². The van der Waals surface area contributed by atoms with Crippen LogP contribution in [0, 0.1) is 6.92 Å². The van der Waals surface area contributed by atoms with Crippen molar-refractivity contribution in [1.82, 2.24) is 4.90 Å². The van der Waals surface area contributed by atoms with Gasteiger partial charge in [-0.15, -0.1) is 0 Å². The van der Waals surface area contributed by atoms with E-state index in [4.69, 9.17) is 13.9 Å². The lowest BCUT2D eigenvalue weighted by molar-refractivity contribution is -0.122. The number of hydrogen-bond acceptors (Lipinski definition) is 6. The molecule has 0 radical (unpaired) electrons. The number of aryl methyl sites for hydroxylation is 1. The summed E-state index contributed by atoms with van der Waals surface area (Å²) >= 11 is 0. The Labute approximate surface area is 152 Å². The van der Waals surface area contributed by atoms with Gasteiger partial charge in [0.25, 0.3) is 5.91 Å². The molecule has 1 aliphatic rings. The van der Waals surface area contributed by atoms with Crippen molar-refractivity contribution >= 4 is 17.5 Å². The number of nitrogens with zero attached hydrogens (tertiary/aromatic N) is 2. The summed E-state index contributed by atoms with van der Waals surface area (Å²) < 4.78 is 16.0. The number of amides is 2. The zero-order valence-corrected chi connectivity index (χ0v) is 15.3. The van der Waals surface area contributed by atoms with Gasteiger partial charge in [0, 0.05) is 6.07 Å². The monoisotopic (exact) mass is 358 g/mol. The zero-order valence-electron chi connectivity index (χ0n) is 15.3. The van der Waals surface area contributed by atoms with Crippen LogP contribution in [0.5, 0.6) is 11.5 Å². The number of hydrogen-bond donors (Lipinski definition) is 0. The fourth-order valence-electron chi connectivity index (χ4n) is 3.12. The summed E-state index contributed by atoms with van der Waals surface area (Å²) in [5.41, 5.74) is 0.474. The van der Waals surface area contributed by atoms with Crippen molar-refractivity contribution in [2.24, 2.45) is 0 Å². The lowest BCUT2D eigenvalue weighted by Gasteiger charge is -2.22. The van der Waals surface area contributed by atoms with Crippen molar-refractivity contribution in [3.05, 3.63) is 41.9 Å². The second-order valence-electron chi connectivity index (χ2n) is 6.25. The first-order valence-electron chi connectivity index (χ1n) is 8.29. The van der Waals surface area contributed by atoms with Crippen LogP contribution in [0.15, 0.2) is 34.7 Å². The number of imide groups is 1. The second kappa shape index (κ2) is 7.21. The van der Waals surface area contributed by atoms with E-state index >= 15 is 0 Å². The number of benzene rings is 1. The lowest BCUT2D eigenvalue weighted by atomic mass is 10.2. The van der Waals surface area contributed by atoms with Crippen LogP contribution in [0.3, 0.4) is 0 Å². The number of anilines is 1. The zero-order chi connectivity index (χ0) is 18.8. The van der Waals surface area contributed by atoms with Crippen molar-refractivity contribution in [3.63, 3.8) is 0 Å². The maximum Gasteiger partial charge on any atom is 0.251 e. The highest BCUT2D eigenvalue weighted by Gasteiger charge is 2.42. The summed E-state index contributed by atoms with van der Waals surface area (Å²) in [5.74, 6) is 2.08. The maximum atomic E-state index is 12.9. The molecular weight excluding hydrogens is 336 g/mol. The third-order valence-electron chi connectivity index (χ3n) is 4.48. The maximum absolute atomic E-state index is 12.9. The number of rotatable bonds is 6. The lowest BCUT2D eigenvalue weighted by Crippen LogP contribution is -2.39. The Morgan fingerprint density at radius 1 is 1.15 bits per heavy atom. The van der Waals surface area contributed by atoms with E-state index in [9.17, 15) is 9.59 Å². The second-order valence-corrected chi connectivity index (χ2v) is 6.25. The van der Waals surface area contributed by atoms with Crippen LogP contribution in [0.25, 0.3) is 0 Å². The minimum Gasteiger partial charge on any atom is -0.493 e. The number of furan rings is 1. The van der Waals surface area contributed by atoms with Crippen molar-refractivity contribution in [3.8, 4) is 11.5 Å². The van der Waals surface area contributed by atoms with Crippen LogP contribution >= 0.6 is 0 Å². The number of likely N-dealkylation sites (N-methyl/N-ethyl adjacent to an activating group) is 1. The van der Waals surface area contributed by atoms with Gasteiger partial charge in [-0.25, -0.2) is 4.90 Å². The topological polar surface area (TPSA) is 72.2 Å². The molecule has 7 heteroatoms. The Balaban J connectivity index is 1.80. The van der Waals surface area contributed by atoms with Crippen molar-refractivity contribution in [2.45, 2.75) is 25.9 Å². The molecule has 1 aliphatic heterocycles. The standard InChI is InChI=1S/C19H22N2O5/c1-12-5-7-14(26-12)11-20(2)15-10-18(22)21(19(15)23)13-6-8-16(24-3)17(9-13)25-4/h5-9,15H,10-11H2,1-4H3/t15-/m0/s1. The predicted molar refractivity (Wildman–Crippen MR) is 95.4 cm³/mol. The number of methoxy groups -OCH3 is 2. The molecule has 1 aromatic heterocycles. The van der Waals surface area contributed by atoms with E-state index in [0.29, 0.717) is 23.7 Å². The van der Waals surface area contributed by atoms with Crippen LogP contribution < -0.4 is 14.4 Å². The Morgan fingerprint density at radius 2 is 1.88 bits per heavy atom. The summed E-state index contributed by atoms with van der Waals surface area (Å²) in [5, 5.41) is 0. The quantitative estimate of drug-likeness (QED) is 0.738. The van der Waals surface area contributed by atoms with E-state index in [-0.39, 0.29) is 18.2 Å². The molecule has 0 saturated carbocycles. The predicted octanol–water partition coefficient (Wildman–Crippen LogP) is 2.37. The van der Waals surface area contributed by atoms with Gasteiger partial charge in [0.2, 0.25) is 5.91 Å². The average Bonchev–Trinajstić information content (AvgIpc) is 3.16. The minimum atomic E-state index is -0.527. The third kappa shape index (κ3) is 3.30. The molecule has 1 aromatic carbocycles. The van der Waals surface area contributed by atoms with Gasteiger partial charge in [-0.2, -0.15) is 0 Å². The third-order valence-corrected chi connectivity index (χ3v) is 4.48. The Bertz CT molecular complexity index is 829. The first-order valence-corrected chi connectivity index (χ1v) is 8.29. The minimum absolute atomic E-state index is 0.128. The van der Waals surface area contributed by atoms with Crippen molar-refractivity contribution in [2.75, 3.05) is 26.2 Å². The molecule has 0 N–H and O–H groups in total. The molecule has 2 aromatic rings. The Morgan fingerprint density at radius 3 is 2.50 bits per heavy atom. The highest BCUT2D eigenvalue weighted by molar-refractivity contribution is 6.22. The van der Waals surface area contributed by atoms with Crippen LogP contribution in [-0.4, -0.2) is 44.0 Å². The normalized spacial score (nSPS) is 17.3. The van der Waals surface area contributed by atoms with Crippen LogP contribution in [0.4, 0.5) is 5.69 Å². The number of carbonyl (C=O) groups is 2. The molecule has 7 nitrogen and oxygen atoms in total. The first kappa shape index (κ1) is 18.0. The van der Waals surface area contributed by atoms with Crippen molar-refractivity contribution < 1.29 is 23.5 Å². The molecule has 0 spiro atoms. The van der Waals surface area contributed by atoms with Gasteiger partial charge in [-0.1, -0.05) is 0 Å². The van der Waals surface area contributed by atoms with E-state index in [1.54, 1.807) is 18.2 Å². The molecule has 0 unspecified atom stereocenters. The summed E-state index contributed by atoms with van der Waals surface area (Å²) in [7, 11) is 4.86. The molecule has 1 atom stereocenters. The van der Waals surface area contributed by atoms with Gasteiger partial charge in [0.1, 0.15) is 11.5 Å². The summed E-state index contributed by atoms with van der Waals surface area (Å²) in [6.07, 6.45) is 0.128. The summed E-state index contributed by atoms with van der Waals surface area (Å²) in [6, 6.07) is 8.21. The summed E-state index contributed by atoms with van der Waals surface area (Å²) in [6.45, 7) is 2.32. The van der Waals surface area contributed by atoms with Gasteiger partial charge in [0.05, 0.1) is 38.9 Å². The largest absolute Gasteiger partial charge is 0.493 e. The molecule has 138 valence electrons. The molecule has 2 amide bonds. The van der Waals surface area contributed by atoms with E-state index in [1.807, 2.05) is 31.0 Å². The molecule has 1 saturated heterocycles. The van der Waals surface area contributed by atoms with Gasteiger partial charge >= 0.3 is 0 Å². The van der Waals surface area contributed by atoms with Gasteiger partial charge in [-0.3, -0.25) is 14.5 Å². The van der Waals surface area contributed by atoms with Gasteiger partial charge < -0.3 is 13.9 Å². The van der Waals surface area contributed by atoms with Crippen LogP contribution in [0.1, 0.15) is 17.9 Å². The number of carbonyl (C=O) groups excluding carboxylic acids is 2. The number of ether oxygens (including phenoxy) is 2. The molecule has 26 heavy (non-hydrogen) atoms. The van der Waals surface area contributed by atoms with Crippen LogP contribution in [-0.2, 0) is 16.1 Å². The molecule has 3 rings (SSSR count). The SMILES string of the molecule is COc1ccc(N2C(=O)C[C@H](N(C)Cc3ccc(C)o3)C2=O)cc1OC. The smallest absolute Gasteiger partial charge is 0.251 e. The van der Waals surface area contributed by atoms with Gasteiger partial charge in [-0.05, 0) is 38.2 Å². The fourth-order valence-corrected chi connectivity index (χ4v) is 3.12. The van der Waals surface area contributed by atoms with Crippen LogP contribution in [0.2, 0.25) is 0 Å². The summed E-state index contributed by atoms with van der Waals surface area (Å²) in [4.78, 5) is 28.4. The van der Waals surface area contributed by atoms with E-state index in [2.05, 4.69) is 0 Å². The molecule has 0 aliphatic carbocycles. The van der Waals surface area contributed by atoms with E-state index in [1.165, 1.54) is 19.1 Å². The molecule has 0 bridgehead atoms. The van der Waals surface area contributed by atoms with Crippen molar-refractivity contribution in [1.29, 1.82) is 0 Å².